The maximum atomic E-state index is 11.0. The van der Waals surface area contributed by atoms with Gasteiger partial charge in [-0.2, -0.15) is 0 Å². The summed E-state index contributed by atoms with van der Waals surface area (Å²) in [7, 11) is 1.69. The first-order valence-corrected chi connectivity index (χ1v) is 10.7. The minimum absolute atomic E-state index is 0.0813. The van der Waals surface area contributed by atoms with Crippen LogP contribution in [0, 0.1) is 10.1 Å². The van der Waals surface area contributed by atoms with E-state index in [2.05, 4.69) is 32.7 Å². The molecule has 31 heavy (non-hydrogen) atoms. The van der Waals surface area contributed by atoms with Gasteiger partial charge in [-0.15, -0.1) is 0 Å². The molecule has 2 aromatic carbocycles. The summed E-state index contributed by atoms with van der Waals surface area (Å²) in [5.41, 5.74) is 2.09. The van der Waals surface area contributed by atoms with Gasteiger partial charge >= 0.3 is 0 Å². The number of nitrogens with one attached hydrogen (secondary N) is 2. The minimum atomic E-state index is -0.383. The van der Waals surface area contributed by atoms with Crippen LogP contribution in [0.1, 0.15) is 36.9 Å². The van der Waals surface area contributed by atoms with Crippen LogP contribution in [0.4, 0.5) is 5.69 Å². The third-order valence-electron chi connectivity index (χ3n) is 5.41. The Hall–Kier alpha value is -3.13. The van der Waals surface area contributed by atoms with Crippen molar-refractivity contribution in [1.29, 1.82) is 0 Å². The van der Waals surface area contributed by atoms with Gasteiger partial charge in [-0.1, -0.05) is 24.3 Å². The number of hydrogen-bond acceptors (Lipinski definition) is 5. The number of likely N-dealkylation sites (tertiary alicyclic amines) is 1. The fourth-order valence-electron chi connectivity index (χ4n) is 3.83. The molecule has 1 heterocycles. The Balaban J connectivity index is 1.72. The molecule has 0 aromatic heterocycles. The monoisotopic (exact) mass is 425 g/mol. The molecular weight excluding hydrogens is 394 g/mol. The SMILES string of the molecule is CCNC(=NCc1cccc([N+](=O)[O-])c1)NCC(c1cccc(OC)c1)N1CCCC1. The van der Waals surface area contributed by atoms with Gasteiger partial charge in [0.15, 0.2) is 5.96 Å². The van der Waals surface area contributed by atoms with E-state index in [4.69, 9.17) is 4.74 Å². The lowest BCUT2D eigenvalue weighted by atomic mass is 10.1. The van der Waals surface area contributed by atoms with Gasteiger partial charge in [-0.3, -0.25) is 15.0 Å². The number of benzene rings is 2. The van der Waals surface area contributed by atoms with Crippen LogP contribution in [-0.4, -0.2) is 49.1 Å². The molecule has 8 nitrogen and oxygen atoms in total. The van der Waals surface area contributed by atoms with E-state index < -0.39 is 0 Å². The van der Waals surface area contributed by atoms with Crippen LogP contribution in [0.5, 0.6) is 5.75 Å². The van der Waals surface area contributed by atoms with Gasteiger partial charge < -0.3 is 15.4 Å². The molecule has 2 aromatic rings. The van der Waals surface area contributed by atoms with E-state index in [1.807, 2.05) is 25.1 Å². The molecule has 0 saturated carbocycles. The number of nitro groups is 1. The van der Waals surface area contributed by atoms with Crippen LogP contribution in [0.15, 0.2) is 53.5 Å². The zero-order valence-electron chi connectivity index (χ0n) is 18.2. The molecule has 1 aliphatic heterocycles. The third-order valence-corrected chi connectivity index (χ3v) is 5.41. The first-order chi connectivity index (χ1) is 15.1. The van der Waals surface area contributed by atoms with Crippen molar-refractivity contribution in [3.8, 4) is 5.75 Å². The van der Waals surface area contributed by atoms with Gasteiger partial charge in [0, 0.05) is 25.2 Å². The van der Waals surface area contributed by atoms with Gasteiger partial charge in [0.2, 0.25) is 0 Å². The van der Waals surface area contributed by atoms with Crippen LogP contribution in [0.25, 0.3) is 0 Å². The molecule has 0 bridgehead atoms. The predicted molar refractivity (Wildman–Crippen MR) is 122 cm³/mol. The third kappa shape index (κ3) is 6.42. The number of guanidine groups is 1. The molecule has 1 fully saturated rings. The minimum Gasteiger partial charge on any atom is -0.497 e. The van der Waals surface area contributed by atoms with Crippen LogP contribution >= 0.6 is 0 Å². The molecular formula is C23H31N5O3. The van der Waals surface area contributed by atoms with Crippen molar-refractivity contribution >= 4 is 11.6 Å². The van der Waals surface area contributed by atoms with Crippen LogP contribution in [0.2, 0.25) is 0 Å². The summed E-state index contributed by atoms with van der Waals surface area (Å²) < 4.78 is 5.42. The topological polar surface area (TPSA) is 92.0 Å². The first-order valence-electron chi connectivity index (χ1n) is 10.7. The molecule has 8 heteroatoms. The summed E-state index contributed by atoms with van der Waals surface area (Å²) in [4.78, 5) is 17.8. The number of hydrogen-bond donors (Lipinski definition) is 2. The van der Waals surface area contributed by atoms with E-state index >= 15 is 0 Å². The second-order valence-corrected chi connectivity index (χ2v) is 7.54. The van der Waals surface area contributed by atoms with E-state index in [0.29, 0.717) is 19.0 Å². The lowest BCUT2D eigenvalue weighted by Crippen LogP contribution is -2.42. The van der Waals surface area contributed by atoms with E-state index in [1.54, 1.807) is 19.2 Å². The van der Waals surface area contributed by atoms with Gasteiger partial charge in [0.25, 0.3) is 5.69 Å². The highest BCUT2D eigenvalue weighted by Gasteiger charge is 2.24. The molecule has 1 atom stereocenters. The lowest BCUT2D eigenvalue weighted by Gasteiger charge is -2.29. The zero-order valence-corrected chi connectivity index (χ0v) is 18.2. The van der Waals surface area contributed by atoms with Crippen LogP contribution < -0.4 is 15.4 Å². The second kappa shape index (κ2) is 11.3. The van der Waals surface area contributed by atoms with Gasteiger partial charge in [-0.05, 0) is 56.1 Å². The fraction of sp³-hybridized carbons (Fsp3) is 0.435. The molecule has 0 radical (unpaired) electrons. The average Bonchev–Trinajstić information content (AvgIpc) is 3.32. The lowest BCUT2D eigenvalue weighted by molar-refractivity contribution is -0.384. The predicted octanol–water partition coefficient (Wildman–Crippen LogP) is 3.50. The number of aliphatic imine (C=N–C) groups is 1. The Labute approximate surface area is 183 Å². The fourth-order valence-corrected chi connectivity index (χ4v) is 3.83. The van der Waals surface area contributed by atoms with Crippen molar-refractivity contribution in [1.82, 2.24) is 15.5 Å². The smallest absolute Gasteiger partial charge is 0.269 e. The Morgan fingerprint density at radius 3 is 2.68 bits per heavy atom. The average molecular weight is 426 g/mol. The highest BCUT2D eigenvalue weighted by Crippen LogP contribution is 2.27. The summed E-state index contributed by atoms with van der Waals surface area (Å²) in [6.45, 7) is 5.97. The molecule has 2 N–H and O–H groups in total. The Morgan fingerprint density at radius 1 is 1.19 bits per heavy atom. The van der Waals surface area contributed by atoms with Crippen molar-refractivity contribution < 1.29 is 9.66 Å². The van der Waals surface area contributed by atoms with Crippen molar-refractivity contribution in [2.24, 2.45) is 4.99 Å². The molecule has 0 amide bonds. The molecule has 0 aliphatic carbocycles. The number of nitrogens with zero attached hydrogens (tertiary/aromatic N) is 3. The van der Waals surface area contributed by atoms with E-state index in [1.165, 1.54) is 24.5 Å². The Morgan fingerprint density at radius 2 is 1.97 bits per heavy atom. The zero-order chi connectivity index (χ0) is 22.1. The normalized spacial score (nSPS) is 15.5. The van der Waals surface area contributed by atoms with Gasteiger partial charge in [0.05, 0.1) is 24.6 Å². The Kier molecular flexibility index (Phi) is 8.23. The maximum absolute atomic E-state index is 11.0. The van der Waals surface area contributed by atoms with Crippen molar-refractivity contribution in [2.75, 3.05) is 33.3 Å². The highest BCUT2D eigenvalue weighted by molar-refractivity contribution is 5.79. The van der Waals surface area contributed by atoms with Gasteiger partial charge in [0.1, 0.15) is 5.75 Å². The van der Waals surface area contributed by atoms with Gasteiger partial charge in [-0.25, -0.2) is 4.99 Å². The summed E-state index contributed by atoms with van der Waals surface area (Å²) in [5.74, 6) is 1.55. The first kappa shape index (κ1) is 22.6. The van der Waals surface area contributed by atoms with E-state index in [9.17, 15) is 10.1 Å². The van der Waals surface area contributed by atoms with Crippen LogP contribution in [-0.2, 0) is 6.54 Å². The molecule has 166 valence electrons. The standard InChI is InChI=1S/C23H31N5O3/c1-3-24-23(25-16-18-8-6-10-20(14-18)28(29)30)26-17-22(27-12-4-5-13-27)19-9-7-11-21(15-19)31-2/h6-11,14-15,22H,3-5,12-13,16-17H2,1-2H3,(H2,24,25,26). The summed E-state index contributed by atoms with van der Waals surface area (Å²) in [5, 5.41) is 17.7. The number of rotatable bonds is 9. The Bertz CT molecular complexity index is 896. The summed E-state index contributed by atoms with van der Waals surface area (Å²) in [6.07, 6.45) is 2.42. The molecule has 1 saturated heterocycles. The molecule has 3 rings (SSSR count). The number of nitro benzene ring substituents is 1. The van der Waals surface area contributed by atoms with Crippen molar-refractivity contribution in [3.05, 3.63) is 69.8 Å². The summed E-state index contributed by atoms with van der Waals surface area (Å²) >= 11 is 0. The number of methoxy groups -OCH3 is 1. The molecule has 0 spiro atoms. The largest absolute Gasteiger partial charge is 0.497 e. The number of ether oxygens (including phenoxy) is 1. The quantitative estimate of drug-likeness (QED) is 0.277. The maximum Gasteiger partial charge on any atom is 0.269 e. The van der Waals surface area contributed by atoms with E-state index in [0.717, 1.165) is 30.9 Å². The molecule has 1 unspecified atom stereocenters. The second-order valence-electron chi connectivity index (χ2n) is 7.54. The number of non-ortho nitro benzene ring substituents is 1. The van der Waals surface area contributed by atoms with Crippen molar-refractivity contribution in [3.63, 3.8) is 0 Å². The van der Waals surface area contributed by atoms with Crippen molar-refractivity contribution in [2.45, 2.75) is 32.4 Å². The van der Waals surface area contributed by atoms with E-state index in [-0.39, 0.29) is 16.7 Å². The summed E-state index contributed by atoms with van der Waals surface area (Å²) in [6, 6.07) is 15.0. The van der Waals surface area contributed by atoms with Crippen LogP contribution in [0.3, 0.4) is 0 Å². The highest BCUT2D eigenvalue weighted by atomic mass is 16.6. The molecule has 1 aliphatic rings.